The van der Waals surface area contributed by atoms with E-state index in [0.29, 0.717) is 6.54 Å². The highest BCUT2D eigenvalue weighted by Gasteiger charge is 2.20. The van der Waals surface area contributed by atoms with Crippen molar-refractivity contribution in [2.24, 2.45) is 0 Å². The third-order valence-corrected chi connectivity index (χ3v) is 3.70. The summed E-state index contributed by atoms with van der Waals surface area (Å²) in [5, 5.41) is 15.3. The molecule has 1 heterocycles. The minimum absolute atomic E-state index is 0.0752. The molecule has 0 atom stereocenters. The normalized spacial score (nSPS) is 13.1. The fourth-order valence-corrected chi connectivity index (χ4v) is 1.49. The lowest BCUT2D eigenvalue weighted by molar-refractivity contribution is 0.402. The molecule has 0 saturated heterocycles. The Bertz CT molecular complexity index is 353. The van der Waals surface area contributed by atoms with Gasteiger partial charge in [0.1, 0.15) is 0 Å². The van der Waals surface area contributed by atoms with E-state index in [1.165, 1.54) is 0 Å². The molecule has 98 valence electrons. The Morgan fingerprint density at radius 3 is 2.41 bits per heavy atom. The van der Waals surface area contributed by atoms with Gasteiger partial charge in [-0.2, -0.15) is 11.8 Å². The van der Waals surface area contributed by atoms with E-state index in [2.05, 4.69) is 61.7 Å². The van der Waals surface area contributed by atoms with Gasteiger partial charge in [-0.1, -0.05) is 0 Å². The Morgan fingerprint density at radius 2 is 1.88 bits per heavy atom. The van der Waals surface area contributed by atoms with Gasteiger partial charge in [-0.25, -0.2) is 4.68 Å². The molecule has 0 aliphatic rings. The standard InChI is InChI=1S/C11H23N5S/c1-10(2,3)12-7-9-13-14-15-16(9)8-11(4,5)17-6/h12H,7-8H2,1-6H3. The largest absolute Gasteiger partial charge is 0.305 e. The summed E-state index contributed by atoms with van der Waals surface area (Å²) in [7, 11) is 0. The van der Waals surface area contributed by atoms with Crippen LogP contribution in [0.15, 0.2) is 0 Å². The second-order valence-corrected chi connectivity index (χ2v) is 7.33. The van der Waals surface area contributed by atoms with Crippen LogP contribution in [0.5, 0.6) is 0 Å². The molecule has 0 saturated carbocycles. The zero-order valence-electron chi connectivity index (χ0n) is 11.6. The summed E-state index contributed by atoms with van der Waals surface area (Å²) in [5.41, 5.74) is 0.0752. The number of hydrogen-bond donors (Lipinski definition) is 1. The van der Waals surface area contributed by atoms with Crippen LogP contribution in [0.2, 0.25) is 0 Å². The second kappa shape index (κ2) is 5.35. The lowest BCUT2D eigenvalue weighted by Crippen LogP contribution is -2.36. The number of thioether (sulfide) groups is 1. The first-order valence-corrected chi connectivity index (χ1v) is 7.01. The van der Waals surface area contributed by atoms with Crippen LogP contribution in [0, 0.1) is 0 Å². The number of tetrazole rings is 1. The average molecular weight is 257 g/mol. The summed E-state index contributed by atoms with van der Waals surface area (Å²) in [6.07, 6.45) is 2.11. The fraction of sp³-hybridized carbons (Fsp3) is 0.909. The molecule has 0 amide bonds. The van der Waals surface area contributed by atoms with Crippen LogP contribution in [0.25, 0.3) is 0 Å². The zero-order chi connectivity index (χ0) is 13.1. The molecule has 0 aliphatic carbocycles. The van der Waals surface area contributed by atoms with E-state index in [1.807, 2.05) is 16.4 Å². The molecular formula is C11H23N5S. The summed E-state index contributed by atoms with van der Waals surface area (Å²) >= 11 is 1.82. The molecule has 0 unspecified atom stereocenters. The summed E-state index contributed by atoms with van der Waals surface area (Å²) in [5.74, 6) is 0.891. The Labute approximate surface area is 108 Å². The van der Waals surface area contributed by atoms with Crippen molar-refractivity contribution in [1.82, 2.24) is 25.5 Å². The monoisotopic (exact) mass is 257 g/mol. The summed E-state index contributed by atoms with van der Waals surface area (Å²) in [4.78, 5) is 0. The lowest BCUT2D eigenvalue weighted by atomic mass is 10.1. The number of aromatic nitrogens is 4. The van der Waals surface area contributed by atoms with Crippen molar-refractivity contribution >= 4 is 11.8 Å². The van der Waals surface area contributed by atoms with Gasteiger partial charge in [0.15, 0.2) is 5.82 Å². The van der Waals surface area contributed by atoms with Gasteiger partial charge in [0.2, 0.25) is 0 Å². The summed E-state index contributed by atoms with van der Waals surface area (Å²) in [6.45, 7) is 12.3. The molecule has 0 spiro atoms. The Morgan fingerprint density at radius 1 is 1.24 bits per heavy atom. The van der Waals surface area contributed by atoms with Gasteiger partial charge < -0.3 is 5.32 Å². The molecule has 0 aliphatic heterocycles. The predicted molar refractivity (Wildman–Crippen MR) is 72.0 cm³/mol. The SMILES string of the molecule is CSC(C)(C)Cn1nnnc1CNC(C)(C)C. The van der Waals surface area contributed by atoms with E-state index >= 15 is 0 Å². The highest BCUT2D eigenvalue weighted by molar-refractivity contribution is 7.99. The van der Waals surface area contributed by atoms with Gasteiger partial charge in [0.25, 0.3) is 0 Å². The Balaban J connectivity index is 2.66. The molecule has 0 aromatic carbocycles. The van der Waals surface area contributed by atoms with E-state index in [9.17, 15) is 0 Å². The molecule has 0 radical (unpaired) electrons. The van der Waals surface area contributed by atoms with Crippen LogP contribution < -0.4 is 5.32 Å². The van der Waals surface area contributed by atoms with Gasteiger partial charge >= 0.3 is 0 Å². The third-order valence-electron chi connectivity index (χ3n) is 2.47. The maximum Gasteiger partial charge on any atom is 0.165 e. The minimum atomic E-state index is 0.0752. The van der Waals surface area contributed by atoms with Gasteiger partial charge in [-0.15, -0.1) is 5.10 Å². The van der Waals surface area contributed by atoms with Crippen LogP contribution in [-0.2, 0) is 13.1 Å². The molecule has 0 bridgehead atoms. The van der Waals surface area contributed by atoms with E-state index in [1.54, 1.807) is 0 Å². The molecule has 1 aromatic heterocycles. The number of nitrogens with one attached hydrogen (secondary N) is 1. The van der Waals surface area contributed by atoms with Crippen LogP contribution in [0.3, 0.4) is 0 Å². The van der Waals surface area contributed by atoms with Gasteiger partial charge in [0, 0.05) is 10.3 Å². The number of nitrogens with zero attached hydrogens (tertiary/aromatic N) is 4. The van der Waals surface area contributed by atoms with Crippen molar-refractivity contribution < 1.29 is 0 Å². The Kier molecular flexibility index (Phi) is 4.55. The van der Waals surface area contributed by atoms with E-state index in [4.69, 9.17) is 0 Å². The number of hydrogen-bond acceptors (Lipinski definition) is 5. The lowest BCUT2D eigenvalue weighted by Gasteiger charge is -2.23. The highest BCUT2D eigenvalue weighted by Crippen LogP contribution is 2.23. The van der Waals surface area contributed by atoms with Crippen LogP contribution in [-0.4, -0.2) is 36.7 Å². The maximum absolute atomic E-state index is 4.07. The van der Waals surface area contributed by atoms with Gasteiger partial charge in [0.05, 0.1) is 13.1 Å². The zero-order valence-corrected chi connectivity index (χ0v) is 12.4. The van der Waals surface area contributed by atoms with Crippen molar-refractivity contribution in [3.8, 4) is 0 Å². The Hall–Kier alpha value is -0.620. The molecule has 5 nitrogen and oxygen atoms in total. The molecule has 1 rings (SSSR count). The van der Waals surface area contributed by atoms with Crippen molar-refractivity contribution in [2.75, 3.05) is 6.26 Å². The van der Waals surface area contributed by atoms with Crippen molar-refractivity contribution in [2.45, 2.75) is 58.0 Å². The van der Waals surface area contributed by atoms with Gasteiger partial charge in [-0.3, -0.25) is 0 Å². The summed E-state index contributed by atoms with van der Waals surface area (Å²) < 4.78 is 2.03. The van der Waals surface area contributed by atoms with Crippen LogP contribution in [0.1, 0.15) is 40.4 Å². The average Bonchev–Trinajstić information content (AvgIpc) is 2.60. The molecule has 6 heteroatoms. The third kappa shape index (κ3) is 5.04. The van der Waals surface area contributed by atoms with Crippen LogP contribution >= 0.6 is 11.8 Å². The highest BCUT2D eigenvalue weighted by atomic mass is 32.2. The topological polar surface area (TPSA) is 55.6 Å². The molecule has 17 heavy (non-hydrogen) atoms. The van der Waals surface area contributed by atoms with E-state index in [0.717, 1.165) is 12.4 Å². The minimum Gasteiger partial charge on any atom is -0.305 e. The predicted octanol–water partition coefficient (Wildman–Crippen LogP) is 1.70. The van der Waals surface area contributed by atoms with E-state index in [-0.39, 0.29) is 10.3 Å². The van der Waals surface area contributed by atoms with E-state index < -0.39 is 0 Å². The first-order valence-electron chi connectivity index (χ1n) is 5.79. The van der Waals surface area contributed by atoms with Crippen molar-refractivity contribution in [3.05, 3.63) is 5.82 Å². The molecule has 1 N–H and O–H groups in total. The molecular weight excluding hydrogens is 234 g/mol. The first-order chi connectivity index (χ1) is 7.73. The molecule has 1 aromatic rings. The fourth-order valence-electron chi connectivity index (χ4n) is 1.24. The van der Waals surface area contributed by atoms with Crippen molar-refractivity contribution in [3.63, 3.8) is 0 Å². The smallest absolute Gasteiger partial charge is 0.165 e. The molecule has 0 fully saturated rings. The van der Waals surface area contributed by atoms with Crippen molar-refractivity contribution in [1.29, 1.82) is 0 Å². The first kappa shape index (κ1) is 14.4. The number of rotatable bonds is 5. The van der Waals surface area contributed by atoms with Gasteiger partial charge in [-0.05, 0) is 51.3 Å². The summed E-state index contributed by atoms with van der Waals surface area (Å²) in [6, 6.07) is 0. The quantitative estimate of drug-likeness (QED) is 0.870. The maximum atomic E-state index is 4.07. The van der Waals surface area contributed by atoms with Crippen LogP contribution in [0.4, 0.5) is 0 Å². The second-order valence-electron chi connectivity index (χ2n) is 5.82.